The van der Waals surface area contributed by atoms with E-state index in [2.05, 4.69) is 30.3 Å². The van der Waals surface area contributed by atoms with Gasteiger partial charge in [0, 0.05) is 16.1 Å². The molecular formula is C26H27ClO4. The number of halogens is 1. The van der Waals surface area contributed by atoms with Crippen LogP contribution < -0.4 is 4.74 Å². The molecule has 0 saturated heterocycles. The molecule has 1 aliphatic heterocycles. The SMILES string of the molecule is O=C(OCc1cc(Cl)cc2c1OCOC2)C12CC3CC(C1)CC(c1ccccc1)(C3)C2. The van der Waals surface area contributed by atoms with Crippen LogP contribution >= 0.6 is 11.6 Å². The number of fused-ring (bicyclic) bond motifs is 1. The van der Waals surface area contributed by atoms with Crippen LogP contribution in [0.1, 0.15) is 55.2 Å². The molecule has 5 heteroatoms. The summed E-state index contributed by atoms with van der Waals surface area (Å²) in [6.07, 6.45) is 6.52. The highest BCUT2D eigenvalue weighted by Crippen LogP contribution is 2.66. The minimum Gasteiger partial charge on any atom is -0.467 e. The molecule has 2 aromatic carbocycles. The molecule has 0 aromatic heterocycles. The van der Waals surface area contributed by atoms with Crippen molar-refractivity contribution in [3.05, 3.63) is 64.2 Å². The van der Waals surface area contributed by atoms with Gasteiger partial charge in [0.05, 0.1) is 12.0 Å². The summed E-state index contributed by atoms with van der Waals surface area (Å²) in [4.78, 5) is 13.6. The second kappa shape index (κ2) is 7.25. The highest BCUT2D eigenvalue weighted by atomic mass is 35.5. The zero-order valence-electron chi connectivity index (χ0n) is 17.6. The Labute approximate surface area is 187 Å². The molecule has 162 valence electrons. The molecule has 2 aromatic rings. The van der Waals surface area contributed by atoms with Crippen molar-refractivity contribution in [2.45, 2.75) is 57.2 Å². The Morgan fingerprint density at radius 3 is 2.65 bits per heavy atom. The molecule has 1 heterocycles. The van der Waals surface area contributed by atoms with Crippen molar-refractivity contribution in [3.8, 4) is 5.75 Å². The van der Waals surface area contributed by atoms with Crippen LogP contribution in [0.25, 0.3) is 0 Å². The molecule has 2 unspecified atom stereocenters. The summed E-state index contributed by atoms with van der Waals surface area (Å²) in [6, 6.07) is 14.5. The number of hydrogen-bond donors (Lipinski definition) is 0. The van der Waals surface area contributed by atoms with E-state index in [-0.39, 0.29) is 30.2 Å². The second-order valence-corrected chi connectivity index (χ2v) is 10.6. The van der Waals surface area contributed by atoms with Crippen LogP contribution in [-0.2, 0) is 32.9 Å². The summed E-state index contributed by atoms with van der Waals surface area (Å²) >= 11 is 6.29. The number of rotatable bonds is 4. The standard InChI is InChI=1S/C26H27ClO4/c27-22-7-19-13-29-16-31-23(19)20(8-22)14-30-24(28)26-11-17-6-18(12-26)10-25(9-17,15-26)21-4-2-1-3-5-21/h1-5,7-8,17-18H,6,9-16H2. The van der Waals surface area contributed by atoms with E-state index in [1.165, 1.54) is 24.8 Å². The van der Waals surface area contributed by atoms with Crippen LogP contribution in [0, 0.1) is 17.3 Å². The van der Waals surface area contributed by atoms with Crippen molar-refractivity contribution >= 4 is 17.6 Å². The van der Waals surface area contributed by atoms with Gasteiger partial charge in [0.1, 0.15) is 12.4 Å². The predicted molar refractivity (Wildman–Crippen MR) is 117 cm³/mol. The van der Waals surface area contributed by atoms with E-state index in [1.807, 2.05) is 12.1 Å². The molecule has 4 saturated carbocycles. The van der Waals surface area contributed by atoms with Gasteiger partial charge in [-0.3, -0.25) is 4.79 Å². The fourth-order valence-corrected chi connectivity index (χ4v) is 7.55. The number of esters is 1. The van der Waals surface area contributed by atoms with Gasteiger partial charge in [0.2, 0.25) is 0 Å². The molecule has 31 heavy (non-hydrogen) atoms. The number of hydrogen-bond acceptors (Lipinski definition) is 4. The Kier molecular flexibility index (Phi) is 4.59. The van der Waals surface area contributed by atoms with E-state index in [0.717, 1.165) is 36.1 Å². The van der Waals surface area contributed by atoms with E-state index >= 15 is 0 Å². The Bertz CT molecular complexity index is 1000. The van der Waals surface area contributed by atoms with Crippen LogP contribution in [0.4, 0.5) is 0 Å². The van der Waals surface area contributed by atoms with E-state index < -0.39 is 0 Å². The predicted octanol–water partition coefficient (Wildman–Crippen LogP) is 5.79. The Hall–Kier alpha value is -2.04. The van der Waals surface area contributed by atoms with Crippen molar-refractivity contribution in [1.82, 2.24) is 0 Å². The van der Waals surface area contributed by atoms with Gasteiger partial charge in [-0.15, -0.1) is 0 Å². The zero-order chi connectivity index (χ0) is 21.1. The van der Waals surface area contributed by atoms with Crippen molar-refractivity contribution in [1.29, 1.82) is 0 Å². The number of benzene rings is 2. The van der Waals surface area contributed by atoms with Crippen molar-refractivity contribution in [2.75, 3.05) is 6.79 Å². The van der Waals surface area contributed by atoms with Gasteiger partial charge in [-0.2, -0.15) is 0 Å². The van der Waals surface area contributed by atoms with Crippen molar-refractivity contribution in [3.63, 3.8) is 0 Å². The molecule has 4 bridgehead atoms. The van der Waals surface area contributed by atoms with Gasteiger partial charge >= 0.3 is 5.97 Å². The topological polar surface area (TPSA) is 44.8 Å². The molecule has 4 aliphatic carbocycles. The van der Waals surface area contributed by atoms with Gasteiger partial charge in [-0.25, -0.2) is 0 Å². The Balaban J connectivity index is 1.26. The fourth-order valence-electron chi connectivity index (χ4n) is 7.29. The lowest BCUT2D eigenvalue weighted by molar-refractivity contribution is -0.175. The molecule has 0 spiro atoms. The largest absolute Gasteiger partial charge is 0.467 e. The lowest BCUT2D eigenvalue weighted by Crippen LogP contribution is -2.57. The van der Waals surface area contributed by atoms with E-state index in [4.69, 9.17) is 25.8 Å². The summed E-state index contributed by atoms with van der Waals surface area (Å²) in [7, 11) is 0. The molecule has 7 rings (SSSR count). The lowest BCUT2D eigenvalue weighted by atomic mass is 9.43. The van der Waals surface area contributed by atoms with E-state index in [1.54, 1.807) is 0 Å². The van der Waals surface area contributed by atoms with Crippen molar-refractivity contribution in [2.24, 2.45) is 17.3 Å². The first-order chi connectivity index (χ1) is 15.1. The number of ether oxygens (including phenoxy) is 3. The van der Waals surface area contributed by atoms with E-state index in [9.17, 15) is 4.79 Å². The van der Waals surface area contributed by atoms with Gasteiger partial charge in [-0.1, -0.05) is 41.9 Å². The molecule has 2 atom stereocenters. The summed E-state index contributed by atoms with van der Waals surface area (Å²) in [5, 5.41) is 0.608. The molecule has 0 N–H and O–H groups in total. The smallest absolute Gasteiger partial charge is 0.312 e. The second-order valence-electron chi connectivity index (χ2n) is 10.1. The summed E-state index contributed by atoms with van der Waals surface area (Å²) in [5.41, 5.74) is 2.89. The first-order valence-corrected chi connectivity index (χ1v) is 11.7. The summed E-state index contributed by atoms with van der Waals surface area (Å²) < 4.78 is 17.1. The quantitative estimate of drug-likeness (QED) is 0.567. The monoisotopic (exact) mass is 438 g/mol. The minimum atomic E-state index is -0.359. The fraction of sp³-hybridized carbons (Fsp3) is 0.500. The zero-order valence-corrected chi connectivity index (χ0v) is 18.3. The summed E-state index contributed by atoms with van der Waals surface area (Å²) in [5.74, 6) is 1.94. The van der Waals surface area contributed by atoms with Crippen LogP contribution in [0.2, 0.25) is 5.02 Å². The first-order valence-electron chi connectivity index (χ1n) is 11.3. The maximum Gasteiger partial charge on any atom is 0.312 e. The molecule has 5 aliphatic rings. The van der Waals surface area contributed by atoms with Crippen molar-refractivity contribution < 1.29 is 19.0 Å². The third-order valence-electron chi connectivity index (χ3n) is 7.99. The molecule has 4 fully saturated rings. The number of carbonyl (C=O) groups is 1. The third kappa shape index (κ3) is 3.27. The highest BCUT2D eigenvalue weighted by molar-refractivity contribution is 6.30. The van der Waals surface area contributed by atoms with Crippen LogP contribution in [0.3, 0.4) is 0 Å². The van der Waals surface area contributed by atoms with E-state index in [0.29, 0.717) is 23.5 Å². The molecule has 0 radical (unpaired) electrons. The normalized spacial score (nSPS) is 32.9. The average molecular weight is 439 g/mol. The average Bonchev–Trinajstić information content (AvgIpc) is 2.77. The molecule has 0 amide bonds. The third-order valence-corrected chi connectivity index (χ3v) is 8.21. The van der Waals surface area contributed by atoms with Gasteiger partial charge in [0.15, 0.2) is 6.79 Å². The maximum absolute atomic E-state index is 13.6. The summed E-state index contributed by atoms with van der Waals surface area (Å²) in [6.45, 7) is 0.864. The van der Waals surface area contributed by atoms with Crippen LogP contribution in [0.15, 0.2) is 42.5 Å². The van der Waals surface area contributed by atoms with Gasteiger partial charge in [-0.05, 0) is 73.5 Å². The highest BCUT2D eigenvalue weighted by Gasteiger charge is 2.61. The molecular weight excluding hydrogens is 412 g/mol. The Morgan fingerprint density at radius 2 is 1.87 bits per heavy atom. The van der Waals surface area contributed by atoms with Gasteiger partial charge < -0.3 is 14.2 Å². The van der Waals surface area contributed by atoms with Gasteiger partial charge in [0.25, 0.3) is 0 Å². The number of carbonyl (C=O) groups excluding carboxylic acids is 1. The minimum absolute atomic E-state index is 0.0392. The Morgan fingerprint density at radius 1 is 1.10 bits per heavy atom. The maximum atomic E-state index is 13.6. The van der Waals surface area contributed by atoms with Crippen LogP contribution in [-0.4, -0.2) is 12.8 Å². The first kappa shape index (κ1) is 19.6. The van der Waals surface area contributed by atoms with Crippen LogP contribution in [0.5, 0.6) is 5.75 Å². The lowest BCUT2D eigenvalue weighted by Gasteiger charge is -2.61. The molecule has 4 nitrogen and oxygen atoms in total.